The first-order chi connectivity index (χ1) is 10.7. The molecule has 2 amide bonds. The molecule has 0 saturated carbocycles. The standard InChI is InChI=1S/C13H14F3N3O4/c1-2-23-10(20)8-9(7-3-5-17-6-4-7)18-11(21)19-12(8,22)13(14,15)16/h3-6,8-9,22H,2H2,1H3,(H2,18,19,21)/t8-,9-,12+/m0/s1. The van der Waals surface area contributed by atoms with E-state index in [1.165, 1.54) is 36.8 Å². The summed E-state index contributed by atoms with van der Waals surface area (Å²) in [6, 6.07) is -0.0249. The van der Waals surface area contributed by atoms with Crippen LogP contribution in [-0.4, -0.2) is 40.6 Å². The number of aliphatic hydroxyl groups is 1. The Morgan fingerprint density at radius 2 is 2.04 bits per heavy atom. The van der Waals surface area contributed by atoms with Gasteiger partial charge in [-0.05, 0) is 24.6 Å². The number of urea groups is 1. The molecule has 0 bridgehead atoms. The van der Waals surface area contributed by atoms with Gasteiger partial charge in [-0.25, -0.2) is 4.79 Å². The Kier molecular flexibility index (Phi) is 4.46. The van der Waals surface area contributed by atoms with Gasteiger partial charge in [-0.1, -0.05) is 0 Å². The number of halogens is 3. The number of esters is 1. The van der Waals surface area contributed by atoms with Gasteiger partial charge in [-0.15, -0.1) is 0 Å². The van der Waals surface area contributed by atoms with Crippen molar-refractivity contribution in [3.8, 4) is 0 Å². The van der Waals surface area contributed by atoms with Crippen molar-refractivity contribution in [3.05, 3.63) is 30.1 Å². The normalized spacial score (nSPS) is 27.8. The zero-order valence-electron chi connectivity index (χ0n) is 11.9. The Hall–Kier alpha value is -2.36. The molecule has 2 rings (SSSR count). The van der Waals surface area contributed by atoms with Gasteiger partial charge in [-0.3, -0.25) is 9.78 Å². The van der Waals surface area contributed by atoms with E-state index in [4.69, 9.17) is 0 Å². The van der Waals surface area contributed by atoms with E-state index in [1.807, 2.05) is 0 Å². The number of aromatic nitrogens is 1. The van der Waals surface area contributed by atoms with Gasteiger partial charge in [0.1, 0.15) is 5.92 Å². The average Bonchev–Trinajstić information content (AvgIpc) is 2.46. The van der Waals surface area contributed by atoms with Crippen LogP contribution in [0, 0.1) is 5.92 Å². The maximum atomic E-state index is 13.3. The van der Waals surface area contributed by atoms with Crippen LogP contribution in [0.4, 0.5) is 18.0 Å². The zero-order valence-corrected chi connectivity index (χ0v) is 11.9. The molecule has 1 aromatic heterocycles. The van der Waals surface area contributed by atoms with Gasteiger partial charge in [0.05, 0.1) is 12.6 Å². The summed E-state index contributed by atoms with van der Waals surface area (Å²) in [5.74, 6) is -3.41. The van der Waals surface area contributed by atoms with E-state index < -0.39 is 35.9 Å². The summed E-state index contributed by atoms with van der Waals surface area (Å²) < 4.78 is 44.6. The SMILES string of the molecule is CCOC(=O)[C@@H]1[C@H](c2ccncc2)NC(=O)N[C@]1(O)C(F)(F)F. The number of amides is 2. The van der Waals surface area contributed by atoms with Gasteiger partial charge in [0.25, 0.3) is 5.72 Å². The molecule has 3 atom stereocenters. The number of carbonyl (C=O) groups is 2. The highest BCUT2D eigenvalue weighted by atomic mass is 19.4. The predicted octanol–water partition coefficient (Wildman–Crippen LogP) is 0.866. The average molecular weight is 333 g/mol. The third-order valence-electron chi connectivity index (χ3n) is 3.41. The van der Waals surface area contributed by atoms with Crippen LogP contribution in [-0.2, 0) is 9.53 Å². The molecule has 1 aliphatic heterocycles. The minimum atomic E-state index is -5.28. The van der Waals surface area contributed by atoms with E-state index >= 15 is 0 Å². The second-order valence-electron chi connectivity index (χ2n) is 4.85. The minimum absolute atomic E-state index is 0.176. The summed E-state index contributed by atoms with van der Waals surface area (Å²) in [5, 5.41) is 13.6. The summed E-state index contributed by atoms with van der Waals surface area (Å²) in [4.78, 5) is 27.4. The van der Waals surface area contributed by atoms with Crippen molar-refractivity contribution in [2.45, 2.75) is 24.9 Å². The topological polar surface area (TPSA) is 101 Å². The highest BCUT2D eigenvalue weighted by Gasteiger charge is 2.67. The lowest BCUT2D eigenvalue weighted by molar-refractivity contribution is -0.294. The monoisotopic (exact) mass is 333 g/mol. The van der Waals surface area contributed by atoms with Gasteiger partial charge >= 0.3 is 18.2 Å². The second kappa shape index (κ2) is 6.03. The van der Waals surface area contributed by atoms with Crippen LogP contribution >= 0.6 is 0 Å². The van der Waals surface area contributed by atoms with Gasteiger partial charge in [0.2, 0.25) is 0 Å². The number of hydrogen-bond acceptors (Lipinski definition) is 5. The maximum Gasteiger partial charge on any atom is 0.437 e. The molecule has 23 heavy (non-hydrogen) atoms. The lowest BCUT2D eigenvalue weighted by Gasteiger charge is -2.44. The van der Waals surface area contributed by atoms with Gasteiger partial charge in [-0.2, -0.15) is 13.2 Å². The molecule has 3 N–H and O–H groups in total. The van der Waals surface area contributed by atoms with Crippen LogP contribution in [0.1, 0.15) is 18.5 Å². The Morgan fingerprint density at radius 3 is 2.57 bits per heavy atom. The molecular weight excluding hydrogens is 319 g/mol. The molecule has 0 unspecified atom stereocenters. The first kappa shape index (κ1) is 17.0. The Morgan fingerprint density at radius 1 is 1.43 bits per heavy atom. The number of alkyl halides is 3. The summed E-state index contributed by atoms with van der Waals surface area (Å²) in [6.07, 6.45) is -2.70. The fourth-order valence-electron chi connectivity index (χ4n) is 2.39. The first-order valence-corrected chi connectivity index (χ1v) is 6.65. The summed E-state index contributed by atoms with van der Waals surface area (Å²) in [5.41, 5.74) is -3.58. The number of carbonyl (C=O) groups excluding carboxylic acids is 2. The molecule has 10 heteroatoms. The first-order valence-electron chi connectivity index (χ1n) is 6.65. The van der Waals surface area contributed by atoms with Crippen molar-refractivity contribution >= 4 is 12.0 Å². The zero-order chi connectivity index (χ0) is 17.3. The number of ether oxygens (including phenoxy) is 1. The van der Waals surface area contributed by atoms with E-state index in [0.29, 0.717) is 0 Å². The molecule has 0 radical (unpaired) electrons. The molecule has 0 aromatic carbocycles. The van der Waals surface area contributed by atoms with Crippen molar-refractivity contribution in [1.82, 2.24) is 15.6 Å². The molecule has 2 heterocycles. The fraction of sp³-hybridized carbons (Fsp3) is 0.462. The smallest absolute Gasteiger partial charge is 0.437 e. The summed E-state index contributed by atoms with van der Waals surface area (Å²) in [6.45, 7) is 1.24. The number of nitrogens with one attached hydrogen (secondary N) is 2. The highest BCUT2D eigenvalue weighted by Crippen LogP contribution is 2.42. The third-order valence-corrected chi connectivity index (χ3v) is 3.41. The van der Waals surface area contributed by atoms with E-state index in [0.717, 1.165) is 0 Å². The third kappa shape index (κ3) is 3.07. The van der Waals surface area contributed by atoms with Crippen LogP contribution < -0.4 is 10.6 Å². The Bertz CT molecular complexity index is 596. The highest BCUT2D eigenvalue weighted by molar-refractivity contribution is 5.83. The fourth-order valence-corrected chi connectivity index (χ4v) is 2.39. The van der Waals surface area contributed by atoms with E-state index in [9.17, 15) is 27.9 Å². The molecule has 7 nitrogen and oxygen atoms in total. The number of rotatable bonds is 3. The van der Waals surface area contributed by atoms with E-state index in [-0.39, 0.29) is 12.2 Å². The second-order valence-corrected chi connectivity index (χ2v) is 4.85. The lowest BCUT2D eigenvalue weighted by Crippen LogP contribution is -2.73. The number of hydrogen-bond donors (Lipinski definition) is 3. The number of nitrogens with zero attached hydrogens (tertiary/aromatic N) is 1. The van der Waals surface area contributed by atoms with Crippen LogP contribution in [0.25, 0.3) is 0 Å². The van der Waals surface area contributed by atoms with E-state index in [1.54, 1.807) is 0 Å². The quantitative estimate of drug-likeness (QED) is 0.713. The van der Waals surface area contributed by atoms with Gasteiger partial charge in [0, 0.05) is 12.4 Å². The molecular formula is C13H14F3N3O4. The number of pyridine rings is 1. The molecule has 1 saturated heterocycles. The Balaban J connectivity index is 2.54. The van der Waals surface area contributed by atoms with Crippen molar-refractivity contribution in [1.29, 1.82) is 0 Å². The van der Waals surface area contributed by atoms with Crippen molar-refractivity contribution in [2.75, 3.05) is 6.61 Å². The molecule has 1 aromatic rings. The minimum Gasteiger partial charge on any atom is -0.466 e. The van der Waals surface area contributed by atoms with Crippen LogP contribution in [0.2, 0.25) is 0 Å². The van der Waals surface area contributed by atoms with Crippen LogP contribution in [0.15, 0.2) is 24.5 Å². The summed E-state index contributed by atoms with van der Waals surface area (Å²) >= 11 is 0. The van der Waals surface area contributed by atoms with Crippen LogP contribution in [0.5, 0.6) is 0 Å². The van der Waals surface area contributed by atoms with Gasteiger partial charge < -0.3 is 20.5 Å². The van der Waals surface area contributed by atoms with Gasteiger partial charge in [0.15, 0.2) is 0 Å². The summed E-state index contributed by atoms with van der Waals surface area (Å²) in [7, 11) is 0. The maximum absolute atomic E-state index is 13.3. The molecule has 1 fully saturated rings. The van der Waals surface area contributed by atoms with Crippen molar-refractivity contribution < 1.29 is 32.6 Å². The van der Waals surface area contributed by atoms with E-state index in [2.05, 4.69) is 15.0 Å². The predicted molar refractivity (Wildman–Crippen MR) is 69.8 cm³/mol. The lowest BCUT2D eigenvalue weighted by atomic mass is 9.82. The largest absolute Gasteiger partial charge is 0.466 e. The molecule has 1 aliphatic rings. The molecule has 126 valence electrons. The molecule has 0 spiro atoms. The molecule has 0 aliphatic carbocycles. The van der Waals surface area contributed by atoms with Crippen molar-refractivity contribution in [2.24, 2.45) is 5.92 Å². The van der Waals surface area contributed by atoms with Crippen molar-refractivity contribution in [3.63, 3.8) is 0 Å². The Labute approximate surface area is 128 Å². The van der Waals surface area contributed by atoms with Crippen LogP contribution in [0.3, 0.4) is 0 Å².